The first-order valence-corrected chi connectivity index (χ1v) is 20.8. The molecule has 0 radical (unpaired) electrons. The lowest BCUT2D eigenvalue weighted by molar-refractivity contribution is -0.137. The van der Waals surface area contributed by atoms with Gasteiger partial charge in [0.1, 0.15) is 0 Å². The van der Waals surface area contributed by atoms with E-state index in [4.69, 9.17) is 0 Å². The minimum Gasteiger partial charge on any atom is -0.309 e. The molecule has 0 unspecified atom stereocenters. The van der Waals surface area contributed by atoms with Gasteiger partial charge in [-0.05, 0) is 107 Å². The number of benzene rings is 9. The van der Waals surface area contributed by atoms with E-state index >= 15 is 0 Å². The van der Waals surface area contributed by atoms with Crippen LogP contribution in [0.25, 0.3) is 99.5 Å². The van der Waals surface area contributed by atoms with Gasteiger partial charge in [0.15, 0.2) is 0 Å². The molecule has 11 aromatic rings. The van der Waals surface area contributed by atoms with Crippen molar-refractivity contribution in [1.29, 1.82) is 5.26 Å². The van der Waals surface area contributed by atoms with E-state index in [9.17, 15) is 18.4 Å². The van der Waals surface area contributed by atoms with Crippen LogP contribution in [-0.4, -0.2) is 9.13 Å². The number of nitriles is 1. The summed E-state index contributed by atoms with van der Waals surface area (Å²) in [6, 6.07) is 68.0. The van der Waals surface area contributed by atoms with Crippen molar-refractivity contribution in [3.05, 3.63) is 217 Å². The zero-order valence-electron chi connectivity index (χ0n) is 34.0. The van der Waals surface area contributed by atoms with E-state index in [2.05, 4.69) is 100 Å². The Balaban J connectivity index is 1.23. The summed E-state index contributed by atoms with van der Waals surface area (Å²) in [7, 11) is 0. The van der Waals surface area contributed by atoms with E-state index in [1.165, 1.54) is 6.07 Å². The summed E-state index contributed by atoms with van der Waals surface area (Å²) in [4.78, 5) is 0. The molecule has 0 saturated heterocycles. The molecule has 2 heterocycles. The first kappa shape index (κ1) is 37.8. The van der Waals surface area contributed by atoms with Gasteiger partial charge in [-0.1, -0.05) is 140 Å². The van der Waals surface area contributed by atoms with Gasteiger partial charge < -0.3 is 9.13 Å². The number of fused-ring (bicyclic) bond motifs is 6. The van der Waals surface area contributed by atoms with Crippen LogP contribution < -0.4 is 0 Å². The molecule has 0 bridgehead atoms. The Morgan fingerprint density at radius 3 is 1.43 bits per heavy atom. The quantitative estimate of drug-likeness (QED) is 0.165. The largest absolute Gasteiger partial charge is 0.417 e. The van der Waals surface area contributed by atoms with Gasteiger partial charge in [-0.15, -0.1) is 0 Å². The Hall–Kier alpha value is -8.14. The van der Waals surface area contributed by atoms with Crippen LogP contribution in [0.2, 0.25) is 0 Å². The number of hydrogen-bond donors (Lipinski definition) is 0. The summed E-state index contributed by atoms with van der Waals surface area (Å²) in [5, 5.41) is 14.5. The minimum absolute atomic E-state index is 0.140. The van der Waals surface area contributed by atoms with Crippen molar-refractivity contribution >= 4 is 43.6 Å². The van der Waals surface area contributed by atoms with E-state index < -0.39 is 11.7 Å². The lowest BCUT2D eigenvalue weighted by Crippen LogP contribution is -2.08. The number of alkyl halides is 3. The van der Waals surface area contributed by atoms with Crippen LogP contribution in [0.15, 0.2) is 200 Å². The van der Waals surface area contributed by atoms with Crippen LogP contribution in [0.1, 0.15) is 16.7 Å². The SMILES string of the molecule is Cc1cccc(C(F)(F)F)c1-c1ccc(-c2ccc(C#N)cc2-n2c3ccccc3c3cc(-c4ccccc4)ccc32)c(-n2c3ccccc3c3cc(-c4ccccc4)ccc32)c1. The third-order valence-electron chi connectivity index (χ3n) is 12.3. The fraction of sp³-hybridized carbons (Fsp3) is 0.0351. The topological polar surface area (TPSA) is 33.6 Å². The first-order chi connectivity index (χ1) is 30.8. The molecular formula is C57H36F3N3. The van der Waals surface area contributed by atoms with Crippen molar-refractivity contribution in [3.8, 4) is 62.0 Å². The van der Waals surface area contributed by atoms with Crippen LogP contribution >= 0.6 is 0 Å². The number of aryl methyl sites for hydroxylation is 1. The predicted octanol–water partition coefficient (Wildman–Crippen LogP) is 15.7. The second kappa shape index (κ2) is 14.8. The van der Waals surface area contributed by atoms with Crippen molar-refractivity contribution in [2.45, 2.75) is 13.1 Å². The molecule has 0 aliphatic heterocycles. The highest BCUT2D eigenvalue weighted by molar-refractivity contribution is 6.13. The zero-order valence-corrected chi connectivity index (χ0v) is 34.0. The number of para-hydroxylation sites is 2. The molecule has 0 N–H and O–H groups in total. The van der Waals surface area contributed by atoms with Gasteiger partial charge in [0.25, 0.3) is 0 Å². The third kappa shape index (κ3) is 6.28. The van der Waals surface area contributed by atoms with Crippen LogP contribution in [-0.2, 0) is 6.18 Å². The number of rotatable bonds is 6. The van der Waals surface area contributed by atoms with Gasteiger partial charge in [0.05, 0.1) is 50.6 Å². The molecule has 0 amide bonds. The average Bonchev–Trinajstić information content (AvgIpc) is 3.83. The fourth-order valence-electron chi connectivity index (χ4n) is 9.49. The molecule has 9 aromatic carbocycles. The molecule has 0 aliphatic rings. The Labute approximate surface area is 361 Å². The summed E-state index contributed by atoms with van der Waals surface area (Å²) in [5.74, 6) is 0. The van der Waals surface area contributed by atoms with Crippen LogP contribution in [0.4, 0.5) is 13.2 Å². The number of hydrogen-bond acceptors (Lipinski definition) is 1. The summed E-state index contributed by atoms with van der Waals surface area (Å²) >= 11 is 0. The second-order valence-corrected chi connectivity index (χ2v) is 16.0. The van der Waals surface area contributed by atoms with E-state index in [-0.39, 0.29) is 5.56 Å². The molecule has 300 valence electrons. The minimum atomic E-state index is -4.57. The van der Waals surface area contributed by atoms with Crippen LogP contribution in [0.3, 0.4) is 0 Å². The molecule has 0 fully saturated rings. The van der Waals surface area contributed by atoms with Crippen molar-refractivity contribution in [3.63, 3.8) is 0 Å². The maximum atomic E-state index is 14.9. The smallest absolute Gasteiger partial charge is 0.309 e. The number of halogens is 3. The molecule has 0 aliphatic carbocycles. The highest BCUT2D eigenvalue weighted by Gasteiger charge is 2.34. The highest BCUT2D eigenvalue weighted by Crippen LogP contribution is 2.45. The standard InChI is InChI=1S/C57H36F3N3/c1-36-13-12-20-49(57(58,59)60)56(36)42-24-28-46(55(34-42)63-51-22-11-9-19-44(51)48-33-41(26-30-53(48)63)39-16-6-3-7-17-39)45-27-23-37(35-61)31-54(45)62-50-21-10-8-18-43(50)47-32-40(25-29-52(47)62)38-14-4-2-5-15-38/h2-34H,1H3. The number of nitrogens with zero attached hydrogens (tertiary/aromatic N) is 3. The summed E-state index contributed by atoms with van der Waals surface area (Å²) in [5.41, 5.74) is 12.1. The first-order valence-electron chi connectivity index (χ1n) is 20.8. The molecule has 2 aromatic heterocycles. The van der Waals surface area contributed by atoms with E-state index in [1.54, 1.807) is 19.1 Å². The predicted molar refractivity (Wildman–Crippen MR) is 251 cm³/mol. The molecule has 0 spiro atoms. The summed E-state index contributed by atoms with van der Waals surface area (Å²) in [6.45, 7) is 1.73. The molecule has 3 nitrogen and oxygen atoms in total. The van der Waals surface area contributed by atoms with Crippen molar-refractivity contribution in [2.24, 2.45) is 0 Å². The molecule has 6 heteroatoms. The summed E-state index contributed by atoms with van der Waals surface area (Å²) < 4.78 is 49.0. The molecule has 11 rings (SSSR count). The molecule has 63 heavy (non-hydrogen) atoms. The van der Waals surface area contributed by atoms with E-state index in [0.717, 1.165) is 88.7 Å². The molecular weight excluding hydrogens is 784 g/mol. The van der Waals surface area contributed by atoms with Crippen molar-refractivity contribution in [1.82, 2.24) is 9.13 Å². The lowest BCUT2D eigenvalue weighted by atomic mass is 9.91. The third-order valence-corrected chi connectivity index (χ3v) is 12.3. The maximum Gasteiger partial charge on any atom is 0.417 e. The monoisotopic (exact) mass is 819 g/mol. The lowest BCUT2D eigenvalue weighted by Gasteiger charge is -2.21. The molecule has 0 atom stereocenters. The van der Waals surface area contributed by atoms with Gasteiger partial charge >= 0.3 is 6.18 Å². The normalized spacial score (nSPS) is 11.8. The average molecular weight is 820 g/mol. The van der Waals surface area contributed by atoms with Crippen LogP contribution in [0, 0.1) is 18.3 Å². The van der Waals surface area contributed by atoms with Crippen molar-refractivity contribution in [2.75, 3.05) is 0 Å². The van der Waals surface area contributed by atoms with E-state index in [0.29, 0.717) is 22.4 Å². The second-order valence-electron chi connectivity index (χ2n) is 16.0. The fourth-order valence-corrected chi connectivity index (χ4v) is 9.49. The summed E-state index contributed by atoms with van der Waals surface area (Å²) in [6.07, 6.45) is -4.57. The van der Waals surface area contributed by atoms with E-state index in [1.807, 2.05) is 91.0 Å². The van der Waals surface area contributed by atoms with Gasteiger partial charge in [-0.25, -0.2) is 0 Å². The van der Waals surface area contributed by atoms with Gasteiger partial charge in [0.2, 0.25) is 0 Å². The Morgan fingerprint density at radius 2 is 0.889 bits per heavy atom. The van der Waals surface area contributed by atoms with Crippen LogP contribution in [0.5, 0.6) is 0 Å². The van der Waals surface area contributed by atoms with Crippen molar-refractivity contribution < 1.29 is 13.2 Å². The number of aromatic nitrogens is 2. The molecule has 0 saturated carbocycles. The van der Waals surface area contributed by atoms with Gasteiger partial charge in [-0.3, -0.25) is 0 Å². The highest BCUT2D eigenvalue weighted by atomic mass is 19.4. The van der Waals surface area contributed by atoms with Gasteiger partial charge in [-0.2, -0.15) is 18.4 Å². The maximum absolute atomic E-state index is 14.9. The Kier molecular flexibility index (Phi) is 8.88. The Morgan fingerprint density at radius 1 is 0.413 bits per heavy atom. The Bertz CT molecular complexity index is 3630. The zero-order chi connectivity index (χ0) is 42.8. The van der Waals surface area contributed by atoms with Gasteiger partial charge in [0, 0.05) is 32.7 Å².